The van der Waals surface area contributed by atoms with Crippen LogP contribution in [0.2, 0.25) is 5.02 Å². The van der Waals surface area contributed by atoms with Crippen molar-refractivity contribution in [2.45, 2.75) is 9.92 Å². The predicted octanol–water partition coefficient (Wildman–Crippen LogP) is 2.24. The van der Waals surface area contributed by atoms with Gasteiger partial charge in [-0.05, 0) is 36.4 Å². The first kappa shape index (κ1) is 18.6. The zero-order chi connectivity index (χ0) is 19.1. The number of sulfonamides is 1. The zero-order valence-electron chi connectivity index (χ0n) is 13.5. The topological polar surface area (TPSA) is 112 Å². The molecule has 26 heavy (non-hydrogen) atoms. The fourth-order valence-electron chi connectivity index (χ4n) is 2.34. The molecule has 0 aliphatic heterocycles. The van der Waals surface area contributed by atoms with E-state index in [1.165, 1.54) is 35.0 Å². The van der Waals surface area contributed by atoms with Gasteiger partial charge in [0.15, 0.2) is 14.9 Å². The quantitative estimate of drug-likeness (QED) is 0.707. The molecule has 0 fully saturated rings. The van der Waals surface area contributed by atoms with Crippen LogP contribution in [-0.2, 0) is 19.9 Å². The van der Waals surface area contributed by atoms with Crippen molar-refractivity contribution < 1.29 is 16.8 Å². The van der Waals surface area contributed by atoms with Gasteiger partial charge >= 0.3 is 0 Å². The molecule has 3 aromatic rings. The molecule has 0 aliphatic rings. The van der Waals surface area contributed by atoms with E-state index >= 15 is 0 Å². The molecule has 7 nitrogen and oxygen atoms in total. The summed E-state index contributed by atoms with van der Waals surface area (Å²) < 4.78 is 48.0. The van der Waals surface area contributed by atoms with Gasteiger partial charge in [-0.3, -0.25) is 0 Å². The Morgan fingerprint density at radius 3 is 2.04 bits per heavy atom. The van der Waals surface area contributed by atoms with Gasteiger partial charge in [0.2, 0.25) is 10.0 Å². The minimum absolute atomic E-state index is 0.0511. The molecule has 0 radical (unpaired) electrons. The minimum Gasteiger partial charge on any atom is -0.232 e. The summed E-state index contributed by atoms with van der Waals surface area (Å²) in [5.41, 5.74) is 1.70. The molecule has 2 N–H and O–H groups in total. The standard InChI is InChI=1S/C16H14ClN3O4S2/c1-25(21,22)16-10-15(11-2-4-12(17)5-3-11)20(19-16)13-6-8-14(9-7-13)26(18,23)24/h2-10H,1H3,(H2,18,23,24). The van der Waals surface area contributed by atoms with Gasteiger partial charge in [-0.25, -0.2) is 26.7 Å². The van der Waals surface area contributed by atoms with E-state index in [2.05, 4.69) is 5.10 Å². The highest BCUT2D eigenvalue weighted by atomic mass is 35.5. The van der Waals surface area contributed by atoms with Crippen LogP contribution in [0, 0.1) is 0 Å². The van der Waals surface area contributed by atoms with Crippen LogP contribution in [0.15, 0.2) is 64.5 Å². The molecule has 10 heteroatoms. The monoisotopic (exact) mass is 411 g/mol. The maximum absolute atomic E-state index is 11.9. The second-order valence-corrected chi connectivity index (χ2v) is 9.56. The van der Waals surface area contributed by atoms with Crippen molar-refractivity contribution in [3.05, 3.63) is 59.6 Å². The van der Waals surface area contributed by atoms with Gasteiger partial charge in [-0.15, -0.1) is 0 Å². The third-order valence-corrected chi connectivity index (χ3v) is 5.76. The molecule has 136 valence electrons. The summed E-state index contributed by atoms with van der Waals surface area (Å²) in [6.07, 6.45) is 1.06. The van der Waals surface area contributed by atoms with Gasteiger partial charge in [-0.1, -0.05) is 23.7 Å². The van der Waals surface area contributed by atoms with Crippen LogP contribution >= 0.6 is 11.6 Å². The van der Waals surface area contributed by atoms with Crippen molar-refractivity contribution in [3.63, 3.8) is 0 Å². The lowest BCUT2D eigenvalue weighted by Crippen LogP contribution is -2.12. The molecule has 0 amide bonds. The highest BCUT2D eigenvalue weighted by Crippen LogP contribution is 2.27. The van der Waals surface area contributed by atoms with Crippen molar-refractivity contribution in [1.29, 1.82) is 0 Å². The van der Waals surface area contributed by atoms with E-state index in [0.717, 1.165) is 6.26 Å². The molecular formula is C16H14ClN3O4S2. The molecule has 0 aliphatic carbocycles. The average molecular weight is 412 g/mol. The first-order valence-corrected chi connectivity index (χ1v) is 11.1. The Kier molecular flexibility index (Phi) is 4.65. The number of nitrogens with zero attached hydrogens (tertiary/aromatic N) is 2. The van der Waals surface area contributed by atoms with E-state index in [1.54, 1.807) is 24.3 Å². The number of hydrogen-bond acceptors (Lipinski definition) is 5. The third-order valence-electron chi connectivity index (χ3n) is 3.62. The van der Waals surface area contributed by atoms with Crippen molar-refractivity contribution in [1.82, 2.24) is 9.78 Å². The first-order chi connectivity index (χ1) is 12.1. The van der Waals surface area contributed by atoms with Crippen molar-refractivity contribution >= 4 is 31.5 Å². The Hall–Kier alpha value is -2.20. The summed E-state index contributed by atoms with van der Waals surface area (Å²) in [5.74, 6) is 0. The molecular weight excluding hydrogens is 398 g/mol. The Morgan fingerprint density at radius 1 is 0.962 bits per heavy atom. The SMILES string of the molecule is CS(=O)(=O)c1cc(-c2ccc(Cl)cc2)n(-c2ccc(S(N)(=O)=O)cc2)n1. The fraction of sp³-hybridized carbons (Fsp3) is 0.0625. The van der Waals surface area contributed by atoms with Crippen molar-refractivity contribution in [2.75, 3.05) is 6.26 Å². The van der Waals surface area contributed by atoms with E-state index < -0.39 is 19.9 Å². The van der Waals surface area contributed by atoms with E-state index in [-0.39, 0.29) is 9.92 Å². The lowest BCUT2D eigenvalue weighted by atomic mass is 10.1. The molecule has 1 aromatic heterocycles. The van der Waals surface area contributed by atoms with E-state index in [0.29, 0.717) is 22.0 Å². The summed E-state index contributed by atoms with van der Waals surface area (Å²) in [6.45, 7) is 0. The maximum Gasteiger partial charge on any atom is 0.238 e. The second-order valence-electron chi connectivity index (χ2n) is 5.60. The number of aromatic nitrogens is 2. The summed E-state index contributed by atoms with van der Waals surface area (Å²) in [6, 6.07) is 13.9. The number of hydrogen-bond donors (Lipinski definition) is 1. The van der Waals surface area contributed by atoms with Crippen LogP contribution in [0.3, 0.4) is 0 Å². The van der Waals surface area contributed by atoms with Crippen LogP contribution < -0.4 is 5.14 Å². The number of halogens is 1. The normalized spacial score (nSPS) is 12.3. The van der Waals surface area contributed by atoms with Gasteiger partial charge in [0.1, 0.15) is 0 Å². The molecule has 3 rings (SSSR count). The number of benzene rings is 2. The number of rotatable bonds is 4. The van der Waals surface area contributed by atoms with Gasteiger partial charge in [0.25, 0.3) is 0 Å². The Balaban J connectivity index is 2.19. The molecule has 0 saturated carbocycles. The lowest BCUT2D eigenvalue weighted by molar-refractivity contribution is 0.595. The molecule has 0 unspecified atom stereocenters. The average Bonchev–Trinajstić information content (AvgIpc) is 3.00. The molecule has 0 spiro atoms. The lowest BCUT2D eigenvalue weighted by Gasteiger charge is -2.08. The molecule has 0 bridgehead atoms. The highest BCUT2D eigenvalue weighted by Gasteiger charge is 2.18. The van der Waals surface area contributed by atoms with Gasteiger partial charge in [0.05, 0.1) is 16.3 Å². The molecule has 0 atom stereocenters. The molecule has 0 saturated heterocycles. The van der Waals surface area contributed by atoms with E-state index in [1.807, 2.05) is 0 Å². The molecule has 2 aromatic carbocycles. The van der Waals surface area contributed by atoms with E-state index in [4.69, 9.17) is 16.7 Å². The Morgan fingerprint density at radius 2 is 1.54 bits per heavy atom. The van der Waals surface area contributed by atoms with Gasteiger partial charge < -0.3 is 0 Å². The number of nitrogens with two attached hydrogens (primary N) is 1. The Bertz CT molecular complexity index is 1170. The fourth-order valence-corrected chi connectivity index (χ4v) is 3.54. The summed E-state index contributed by atoms with van der Waals surface area (Å²) in [5, 5.41) is 9.70. The second kappa shape index (κ2) is 6.51. The van der Waals surface area contributed by atoms with E-state index in [9.17, 15) is 16.8 Å². The largest absolute Gasteiger partial charge is 0.238 e. The summed E-state index contributed by atoms with van der Waals surface area (Å²) >= 11 is 5.91. The smallest absolute Gasteiger partial charge is 0.232 e. The van der Waals surface area contributed by atoms with Crippen LogP contribution in [0.5, 0.6) is 0 Å². The van der Waals surface area contributed by atoms with Crippen LogP contribution in [0.25, 0.3) is 16.9 Å². The maximum atomic E-state index is 11.9. The highest BCUT2D eigenvalue weighted by molar-refractivity contribution is 7.90. The third kappa shape index (κ3) is 3.80. The van der Waals surface area contributed by atoms with Gasteiger partial charge in [0, 0.05) is 22.9 Å². The first-order valence-electron chi connectivity index (χ1n) is 7.25. The zero-order valence-corrected chi connectivity index (χ0v) is 15.9. The molecule has 1 heterocycles. The summed E-state index contributed by atoms with van der Waals surface area (Å²) in [7, 11) is -7.36. The number of sulfone groups is 1. The van der Waals surface area contributed by atoms with Crippen LogP contribution in [0.4, 0.5) is 0 Å². The van der Waals surface area contributed by atoms with Crippen LogP contribution in [0.1, 0.15) is 0 Å². The van der Waals surface area contributed by atoms with Crippen LogP contribution in [-0.4, -0.2) is 32.9 Å². The Labute approximate surface area is 156 Å². The van der Waals surface area contributed by atoms with Gasteiger partial charge in [-0.2, -0.15) is 5.10 Å². The predicted molar refractivity (Wildman–Crippen MR) is 98.5 cm³/mol. The summed E-state index contributed by atoms with van der Waals surface area (Å²) in [4.78, 5) is -0.0511. The number of primary sulfonamides is 1. The van der Waals surface area contributed by atoms with Crippen molar-refractivity contribution in [3.8, 4) is 16.9 Å². The van der Waals surface area contributed by atoms with Crippen molar-refractivity contribution in [2.24, 2.45) is 5.14 Å². The minimum atomic E-state index is -3.83.